The zero-order valence-electron chi connectivity index (χ0n) is 10.1. The maximum Gasteiger partial charge on any atom is 0.101 e. The van der Waals surface area contributed by atoms with Crippen molar-refractivity contribution in [2.24, 2.45) is 5.73 Å². The molecule has 0 saturated carbocycles. The largest absolute Gasteiger partial charge is 0.328 e. The van der Waals surface area contributed by atoms with E-state index in [2.05, 4.69) is 29.2 Å². The van der Waals surface area contributed by atoms with Gasteiger partial charge in [0.1, 0.15) is 5.03 Å². The van der Waals surface area contributed by atoms with E-state index in [0.717, 1.165) is 11.4 Å². The first-order chi connectivity index (χ1) is 8.63. The average molecular weight is 279 g/mol. The second-order valence-electron chi connectivity index (χ2n) is 4.24. The molecule has 2 N–H and O–H groups in total. The molecule has 0 aliphatic heterocycles. The lowest BCUT2D eigenvalue weighted by Crippen LogP contribution is -2.17. The van der Waals surface area contributed by atoms with Crippen LogP contribution >= 0.6 is 23.4 Å². The standard InChI is InChI=1S/C14H15ClN2S/c1-10(16)8-11-2-5-13(6-3-11)18-14-7-4-12(15)9-17-14/h2-7,9-10H,8,16H2,1H3. The lowest BCUT2D eigenvalue weighted by Gasteiger charge is -2.06. The Kier molecular flexibility index (Phi) is 4.64. The fourth-order valence-electron chi connectivity index (χ4n) is 1.61. The highest BCUT2D eigenvalue weighted by Crippen LogP contribution is 2.26. The Morgan fingerprint density at radius 3 is 2.50 bits per heavy atom. The van der Waals surface area contributed by atoms with Crippen molar-refractivity contribution >= 4 is 23.4 Å². The molecule has 0 saturated heterocycles. The normalized spacial score (nSPS) is 12.4. The Morgan fingerprint density at radius 2 is 1.94 bits per heavy atom. The number of benzene rings is 1. The highest BCUT2D eigenvalue weighted by molar-refractivity contribution is 7.99. The second kappa shape index (κ2) is 6.23. The summed E-state index contributed by atoms with van der Waals surface area (Å²) in [5.74, 6) is 0. The number of hydrogen-bond acceptors (Lipinski definition) is 3. The van der Waals surface area contributed by atoms with E-state index in [4.69, 9.17) is 17.3 Å². The highest BCUT2D eigenvalue weighted by Gasteiger charge is 2.01. The number of nitrogens with two attached hydrogens (primary N) is 1. The number of pyridine rings is 1. The zero-order valence-corrected chi connectivity index (χ0v) is 11.7. The van der Waals surface area contributed by atoms with Gasteiger partial charge in [-0.3, -0.25) is 0 Å². The third-order valence-electron chi connectivity index (χ3n) is 2.40. The molecule has 0 radical (unpaired) electrons. The number of nitrogens with zero attached hydrogens (tertiary/aromatic N) is 1. The summed E-state index contributed by atoms with van der Waals surface area (Å²) in [6, 6.07) is 12.4. The molecule has 0 spiro atoms. The van der Waals surface area contributed by atoms with Gasteiger partial charge >= 0.3 is 0 Å². The molecule has 1 aromatic heterocycles. The molecule has 0 bridgehead atoms. The van der Waals surface area contributed by atoms with E-state index in [1.54, 1.807) is 18.0 Å². The third-order valence-corrected chi connectivity index (χ3v) is 3.59. The van der Waals surface area contributed by atoms with Crippen molar-refractivity contribution in [3.8, 4) is 0 Å². The van der Waals surface area contributed by atoms with Crippen molar-refractivity contribution in [2.75, 3.05) is 0 Å². The molecule has 1 aromatic carbocycles. The van der Waals surface area contributed by atoms with Crippen LogP contribution in [-0.4, -0.2) is 11.0 Å². The zero-order chi connectivity index (χ0) is 13.0. The number of hydrogen-bond donors (Lipinski definition) is 1. The van der Waals surface area contributed by atoms with E-state index in [1.165, 1.54) is 10.5 Å². The summed E-state index contributed by atoms with van der Waals surface area (Å²) in [6.07, 6.45) is 2.57. The summed E-state index contributed by atoms with van der Waals surface area (Å²) in [6.45, 7) is 2.01. The van der Waals surface area contributed by atoms with E-state index >= 15 is 0 Å². The van der Waals surface area contributed by atoms with Crippen LogP contribution in [0, 0.1) is 0 Å². The smallest absolute Gasteiger partial charge is 0.101 e. The van der Waals surface area contributed by atoms with Crippen LogP contribution in [0.5, 0.6) is 0 Å². The number of rotatable bonds is 4. The quantitative estimate of drug-likeness (QED) is 0.925. The molecule has 94 valence electrons. The minimum absolute atomic E-state index is 0.196. The van der Waals surface area contributed by atoms with Gasteiger partial charge in [-0.1, -0.05) is 35.5 Å². The van der Waals surface area contributed by atoms with Gasteiger partial charge in [0.15, 0.2) is 0 Å². The third kappa shape index (κ3) is 4.02. The molecular formula is C14H15ClN2S. The van der Waals surface area contributed by atoms with Gasteiger partial charge in [-0.25, -0.2) is 4.98 Å². The van der Waals surface area contributed by atoms with Crippen molar-refractivity contribution in [3.05, 3.63) is 53.2 Å². The highest BCUT2D eigenvalue weighted by atomic mass is 35.5. The van der Waals surface area contributed by atoms with Crippen LogP contribution in [0.25, 0.3) is 0 Å². The average Bonchev–Trinajstić information content (AvgIpc) is 2.34. The molecule has 2 nitrogen and oxygen atoms in total. The first kappa shape index (κ1) is 13.4. The predicted molar refractivity (Wildman–Crippen MR) is 77.2 cm³/mol. The Bertz CT molecular complexity index is 494. The van der Waals surface area contributed by atoms with Gasteiger partial charge in [0.25, 0.3) is 0 Å². The van der Waals surface area contributed by atoms with Gasteiger partial charge in [0.05, 0.1) is 5.02 Å². The molecule has 2 aromatic rings. The van der Waals surface area contributed by atoms with Crippen LogP contribution in [0.3, 0.4) is 0 Å². The summed E-state index contributed by atoms with van der Waals surface area (Å²) in [4.78, 5) is 5.42. The van der Waals surface area contributed by atoms with Crippen LogP contribution in [0.4, 0.5) is 0 Å². The Balaban J connectivity index is 2.04. The van der Waals surface area contributed by atoms with Gasteiger partial charge in [-0.15, -0.1) is 0 Å². The molecule has 0 aliphatic rings. The predicted octanol–water partition coefficient (Wildman–Crippen LogP) is 3.78. The van der Waals surface area contributed by atoms with Gasteiger partial charge in [0.2, 0.25) is 0 Å². The number of aromatic nitrogens is 1. The Labute approximate surface area is 117 Å². The SMILES string of the molecule is CC(N)Cc1ccc(Sc2ccc(Cl)cn2)cc1. The molecule has 0 aliphatic carbocycles. The first-order valence-electron chi connectivity index (χ1n) is 5.77. The maximum atomic E-state index is 5.80. The van der Waals surface area contributed by atoms with E-state index in [0.29, 0.717) is 5.02 Å². The molecule has 0 fully saturated rings. The molecule has 1 heterocycles. The number of halogens is 1. The fraction of sp³-hybridized carbons (Fsp3) is 0.214. The monoisotopic (exact) mass is 278 g/mol. The summed E-state index contributed by atoms with van der Waals surface area (Å²) >= 11 is 7.42. The minimum Gasteiger partial charge on any atom is -0.328 e. The molecule has 18 heavy (non-hydrogen) atoms. The molecule has 2 rings (SSSR count). The Hall–Kier alpha value is -1.03. The van der Waals surface area contributed by atoms with Crippen LogP contribution in [-0.2, 0) is 6.42 Å². The molecular weight excluding hydrogens is 264 g/mol. The minimum atomic E-state index is 0.196. The van der Waals surface area contributed by atoms with Crippen molar-refractivity contribution in [2.45, 2.75) is 29.3 Å². The lowest BCUT2D eigenvalue weighted by molar-refractivity contribution is 0.737. The maximum absolute atomic E-state index is 5.80. The van der Waals surface area contributed by atoms with Crippen molar-refractivity contribution in [1.29, 1.82) is 0 Å². The summed E-state index contributed by atoms with van der Waals surface area (Å²) in [7, 11) is 0. The van der Waals surface area contributed by atoms with Gasteiger partial charge in [-0.05, 0) is 43.2 Å². The van der Waals surface area contributed by atoms with E-state index in [-0.39, 0.29) is 6.04 Å². The summed E-state index contributed by atoms with van der Waals surface area (Å²) < 4.78 is 0. The Morgan fingerprint density at radius 1 is 1.22 bits per heavy atom. The van der Waals surface area contributed by atoms with Gasteiger partial charge < -0.3 is 5.73 Å². The first-order valence-corrected chi connectivity index (χ1v) is 6.97. The van der Waals surface area contributed by atoms with Crippen LogP contribution in [0.15, 0.2) is 52.5 Å². The molecule has 1 atom stereocenters. The van der Waals surface area contributed by atoms with Crippen molar-refractivity contribution < 1.29 is 0 Å². The molecule has 1 unspecified atom stereocenters. The van der Waals surface area contributed by atoms with Crippen LogP contribution in [0.2, 0.25) is 5.02 Å². The topological polar surface area (TPSA) is 38.9 Å². The lowest BCUT2D eigenvalue weighted by atomic mass is 10.1. The van der Waals surface area contributed by atoms with E-state index in [1.807, 2.05) is 19.1 Å². The molecule has 4 heteroatoms. The van der Waals surface area contributed by atoms with E-state index < -0.39 is 0 Å². The van der Waals surface area contributed by atoms with E-state index in [9.17, 15) is 0 Å². The van der Waals surface area contributed by atoms with Crippen molar-refractivity contribution in [3.63, 3.8) is 0 Å². The summed E-state index contributed by atoms with van der Waals surface area (Å²) in [5, 5.41) is 1.60. The second-order valence-corrected chi connectivity index (χ2v) is 5.77. The van der Waals surface area contributed by atoms with Gasteiger partial charge in [-0.2, -0.15) is 0 Å². The van der Waals surface area contributed by atoms with Crippen LogP contribution in [0.1, 0.15) is 12.5 Å². The van der Waals surface area contributed by atoms with Gasteiger partial charge in [0, 0.05) is 17.1 Å². The molecule has 0 amide bonds. The fourth-order valence-corrected chi connectivity index (χ4v) is 2.48. The summed E-state index contributed by atoms with van der Waals surface area (Å²) in [5.41, 5.74) is 7.03. The van der Waals surface area contributed by atoms with Crippen molar-refractivity contribution in [1.82, 2.24) is 4.98 Å². The van der Waals surface area contributed by atoms with Crippen LogP contribution < -0.4 is 5.73 Å².